The van der Waals surface area contributed by atoms with Crippen molar-refractivity contribution in [3.05, 3.63) is 90.3 Å². The number of aryl methyl sites for hydroxylation is 1. The molecular formula is C26H24N2O2. The van der Waals surface area contributed by atoms with Crippen molar-refractivity contribution in [1.82, 2.24) is 9.88 Å². The number of carbonyl (C=O) groups is 1. The third-order valence-corrected chi connectivity index (χ3v) is 5.84. The Kier molecular flexibility index (Phi) is 5.06. The van der Waals surface area contributed by atoms with Gasteiger partial charge in [0.25, 0.3) is 0 Å². The van der Waals surface area contributed by atoms with Gasteiger partial charge in [0.1, 0.15) is 11.6 Å². The minimum Gasteiger partial charge on any atom is -0.438 e. The molecule has 30 heavy (non-hydrogen) atoms. The molecule has 0 N–H and O–H groups in total. The summed E-state index contributed by atoms with van der Waals surface area (Å²) in [6.45, 7) is 0.770. The Morgan fingerprint density at radius 3 is 2.53 bits per heavy atom. The normalized spacial score (nSPS) is 16.3. The van der Waals surface area contributed by atoms with Gasteiger partial charge in [0.05, 0.1) is 0 Å². The van der Waals surface area contributed by atoms with Crippen molar-refractivity contribution in [2.75, 3.05) is 6.54 Å². The van der Waals surface area contributed by atoms with Crippen LogP contribution in [-0.4, -0.2) is 22.3 Å². The summed E-state index contributed by atoms with van der Waals surface area (Å²) >= 11 is 0. The van der Waals surface area contributed by atoms with E-state index < -0.39 is 0 Å². The Morgan fingerprint density at radius 2 is 1.73 bits per heavy atom. The van der Waals surface area contributed by atoms with Gasteiger partial charge < -0.3 is 9.32 Å². The third kappa shape index (κ3) is 3.73. The van der Waals surface area contributed by atoms with Gasteiger partial charge in [0.2, 0.25) is 11.8 Å². The largest absolute Gasteiger partial charge is 0.438 e. The van der Waals surface area contributed by atoms with E-state index in [0.29, 0.717) is 12.3 Å². The summed E-state index contributed by atoms with van der Waals surface area (Å²) in [4.78, 5) is 19.6. The van der Waals surface area contributed by atoms with Crippen LogP contribution in [0.15, 0.2) is 83.3 Å². The fourth-order valence-corrected chi connectivity index (χ4v) is 4.26. The molecule has 150 valence electrons. The summed E-state index contributed by atoms with van der Waals surface area (Å²) < 4.78 is 6.08. The van der Waals surface area contributed by atoms with Crippen LogP contribution in [0.5, 0.6) is 0 Å². The zero-order valence-electron chi connectivity index (χ0n) is 16.8. The molecule has 4 nitrogen and oxygen atoms in total. The first-order chi connectivity index (χ1) is 14.8. The highest BCUT2D eigenvalue weighted by atomic mass is 16.3. The van der Waals surface area contributed by atoms with Gasteiger partial charge >= 0.3 is 0 Å². The Bertz CT molecular complexity index is 1150. The van der Waals surface area contributed by atoms with Crippen LogP contribution in [-0.2, 0) is 11.2 Å². The van der Waals surface area contributed by atoms with Gasteiger partial charge in [-0.05, 0) is 48.1 Å². The molecule has 1 saturated heterocycles. The molecule has 0 radical (unpaired) electrons. The van der Waals surface area contributed by atoms with E-state index in [1.807, 2.05) is 47.4 Å². The lowest BCUT2D eigenvalue weighted by molar-refractivity contribution is -0.132. The number of oxazole rings is 1. The first-order valence-electron chi connectivity index (χ1n) is 10.6. The summed E-state index contributed by atoms with van der Waals surface area (Å²) in [6.07, 6.45) is 3.15. The van der Waals surface area contributed by atoms with Crippen LogP contribution < -0.4 is 0 Å². The molecule has 1 amide bonds. The van der Waals surface area contributed by atoms with Crippen molar-refractivity contribution in [3.63, 3.8) is 0 Å². The number of aromatic nitrogens is 1. The molecule has 0 saturated carbocycles. The molecule has 1 aliphatic heterocycles. The van der Waals surface area contributed by atoms with Crippen molar-refractivity contribution in [3.8, 4) is 11.1 Å². The van der Waals surface area contributed by atoms with Gasteiger partial charge in [-0.3, -0.25) is 4.79 Å². The number of fused-ring (bicyclic) bond motifs is 1. The summed E-state index contributed by atoms with van der Waals surface area (Å²) in [5, 5.41) is 0. The quantitative estimate of drug-likeness (QED) is 0.429. The number of hydrogen-bond donors (Lipinski definition) is 0. The number of nitrogens with zero attached hydrogens (tertiary/aromatic N) is 2. The second-order valence-electron chi connectivity index (χ2n) is 7.83. The fourth-order valence-electron chi connectivity index (χ4n) is 4.26. The van der Waals surface area contributed by atoms with Crippen LogP contribution in [0.3, 0.4) is 0 Å². The van der Waals surface area contributed by atoms with Crippen LogP contribution in [0.1, 0.15) is 36.8 Å². The van der Waals surface area contributed by atoms with Gasteiger partial charge in [-0.25, -0.2) is 4.98 Å². The Balaban J connectivity index is 1.35. The van der Waals surface area contributed by atoms with E-state index in [2.05, 4.69) is 36.4 Å². The minimum atomic E-state index is -0.0687. The van der Waals surface area contributed by atoms with Gasteiger partial charge in [-0.15, -0.1) is 0 Å². The van der Waals surface area contributed by atoms with Crippen molar-refractivity contribution < 1.29 is 9.21 Å². The summed E-state index contributed by atoms with van der Waals surface area (Å²) in [6, 6.07) is 26.5. The number of hydrogen-bond acceptors (Lipinski definition) is 3. The molecule has 0 aliphatic carbocycles. The molecule has 0 spiro atoms. The summed E-state index contributed by atoms with van der Waals surface area (Å²) in [5.74, 6) is 0.828. The van der Waals surface area contributed by atoms with E-state index in [1.165, 1.54) is 5.56 Å². The molecular weight excluding hydrogens is 372 g/mol. The lowest BCUT2D eigenvalue weighted by Gasteiger charge is -2.22. The van der Waals surface area contributed by atoms with Crippen molar-refractivity contribution in [1.29, 1.82) is 0 Å². The average molecular weight is 396 g/mol. The standard InChI is InChI=1S/C26H24N2O2/c29-25(16-13-19-8-3-1-4-9-19)28-17-7-12-23(28)26-27-22-18-21(14-15-24(22)30-26)20-10-5-2-6-11-20/h1-6,8-11,14-15,18,23H,7,12-13,16-17H2/t23-/m0/s1. The van der Waals surface area contributed by atoms with Crippen LogP contribution >= 0.6 is 0 Å². The summed E-state index contributed by atoms with van der Waals surface area (Å²) in [5.41, 5.74) is 5.08. The van der Waals surface area contributed by atoms with E-state index in [4.69, 9.17) is 9.40 Å². The molecule has 1 aromatic heterocycles. The lowest BCUT2D eigenvalue weighted by Crippen LogP contribution is -2.30. The van der Waals surface area contributed by atoms with Crippen molar-refractivity contribution >= 4 is 17.0 Å². The van der Waals surface area contributed by atoms with Gasteiger partial charge in [0.15, 0.2) is 5.58 Å². The highest BCUT2D eigenvalue weighted by molar-refractivity contribution is 5.81. The third-order valence-electron chi connectivity index (χ3n) is 5.84. The highest BCUT2D eigenvalue weighted by Crippen LogP contribution is 2.34. The monoisotopic (exact) mass is 396 g/mol. The molecule has 0 bridgehead atoms. The number of benzene rings is 3. The predicted molar refractivity (Wildman–Crippen MR) is 118 cm³/mol. The lowest BCUT2D eigenvalue weighted by atomic mass is 10.1. The van der Waals surface area contributed by atoms with Gasteiger partial charge in [-0.2, -0.15) is 0 Å². The Morgan fingerprint density at radius 1 is 0.967 bits per heavy atom. The first kappa shape index (κ1) is 18.6. The van der Waals surface area contributed by atoms with Crippen LogP contribution in [0, 0.1) is 0 Å². The molecule has 2 heterocycles. The maximum Gasteiger partial charge on any atom is 0.223 e. The van der Waals surface area contributed by atoms with Crippen LogP contribution in [0.4, 0.5) is 0 Å². The van der Waals surface area contributed by atoms with E-state index in [9.17, 15) is 4.79 Å². The van der Waals surface area contributed by atoms with E-state index >= 15 is 0 Å². The molecule has 4 heteroatoms. The molecule has 3 aromatic carbocycles. The molecule has 1 fully saturated rings. The zero-order valence-corrected chi connectivity index (χ0v) is 16.8. The fraction of sp³-hybridized carbons (Fsp3) is 0.231. The molecule has 4 aromatic rings. The van der Waals surface area contributed by atoms with Crippen LogP contribution in [0.2, 0.25) is 0 Å². The first-order valence-corrected chi connectivity index (χ1v) is 10.6. The van der Waals surface area contributed by atoms with Crippen molar-refractivity contribution in [2.24, 2.45) is 0 Å². The minimum absolute atomic E-state index is 0.0687. The average Bonchev–Trinajstić information content (AvgIpc) is 3.45. The smallest absolute Gasteiger partial charge is 0.223 e. The van der Waals surface area contributed by atoms with E-state index in [-0.39, 0.29) is 11.9 Å². The summed E-state index contributed by atoms with van der Waals surface area (Å²) in [7, 11) is 0. The second-order valence-corrected chi connectivity index (χ2v) is 7.83. The number of carbonyl (C=O) groups excluding carboxylic acids is 1. The van der Waals surface area contributed by atoms with Gasteiger partial charge in [0, 0.05) is 13.0 Å². The second kappa shape index (κ2) is 8.15. The maximum absolute atomic E-state index is 12.9. The molecule has 1 atom stereocenters. The maximum atomic E-state index is 12.9. The van der Waals surface area contributed by atoms with E-state index in [1.54, 1.807) is 0 Å². The topological polar surface area (TPSA) is 46.3 Å². The Hall–Kier alpha value is -3.40. The van der Waals surface area contributed by atoms with E-state index in [0.717, 1.165) is 48.0 Å². The number of amides is 1. The predicted octanol–water partition coefficient (Wildman–Crippen LogP) is 5.79. The molecule has 1 aliphatic rings. The van der Waals surface area contributed by atoms with Crippen LogP contribution in [0.25, 0.3) is 22.2 Å². The Labute approximate surface area is 176 Å². The number of likely N-dealkylation sites (tertiary alicyclic amines) is 1. The van der Waals surface area contributed by atoms with Crippen molar-refractivity contribution in [2.45, 2.75) is 31.7 Å². The highest BCUT2D eigenvalue weighted by Gasteiger charge is 2.33. The zero-order chi connectivity index (χ0) is 20.3. The SMILES string of the molecule is O=C(CCc1ccccc1)N1CCC[C@H]1c1nc2cc(-c3ccccc3)ccc2o1. The molecule has 5 rings (SSSR count). The number of rotatable bonds is 5. The molecule has 0 unspecified atom stereocenters. The van der Waals surface area contributed by atoms with Gasteiger partial charge in [-0.1, -0.05) is 66.7 Å².